The van der Waals surface area contributed by atoms with Gasteiger partial charge in [-0.3, -0.25) is 8.97 Å². The number of rotatable bonds is 2. The number of nitrogens with zero attached hydrogens (tertiary/aromatic N) is 5. The molecule has 0 bridgehead atoms. The fourth-order valence-corrected chi connectivity index (χ4v) is 8.72. The first-order valence-electron chi connectivity index (χ1n) is 15.7. The minimum absolute atomic E-state index is 0.627. The summed E-state index contributed by atoms with van der Waals surface area (Å²) in [5.74, 6) is 0.627. The first-order valence-corrected chi connectivity index (χ1v) is 16.5. The zero-order valence-corrected chi connectivity index (χ0v) is 25.7. The zero-order chi connectivity index (χ0) is 30.6. The van der Waals surface area contributed by atoms with Crippen molar-refractivity contribution < 1.29 is 0 Å². The minimum atomic E-state index is 0.627. The van der Waals surface area contributed by atoms with Crippen LogP contribution in [0, 0.1) is 0 Å². The fraction of sp³-hybridized carbons (Fsp3) is 0. The van der Waals surface area contributed by atoms with Crippen LogP contribution < -0.4 is 0 Å². The number of thiophene rings is 1. The predicted molar refractivity (Wildman–Crippen MR) is 196 cm³/mol. The molecule has 0 unspecified atom stereocenters. The Kier molecular flexibility index (Phi) is 4.93. The van der Waals surface area contributed by atoms with Gasteiger partial charge in [-0.2, -0.15) is 0 Å². The van der Waals surface area contributed by atoms with Gasteiger partial charge < -0.3 is 0 Å². The van der Waals surface area contributed by atoms with E-state index in [-0.39, 0.29) is 0 Å². The number of hydrogen-bond acceptors (Lipinski definition) is 4. The Morgan fingerprint density at radius 1 is 0.468 bits per heavy atom. The largest absolute Gasteiger partial charge is 0.277 e. The number of benzene rings is 6. The molecule has 5 heterocycles. The summed E-state index contributed by atoms with van der Waals surface area (Å²) in [6.07, 6.45) is 0. The lowest BCUT2D eigenvalue weighted by molar-refractivity contribution is 0.994. The molecule has 0 aliphatic carbocycles. The topological polar surface area (TPSA) is 48.0 Å². The molecule has 11 aromatic rings. The van der Waals surface area contributed by atoms with Crippen molar-refractivity contribution in [2.24, 2.45) is 0 Å². The Bertz CT molecular complexity index is 3090. The molecule has 6 aromatic carbocycles. The summed E-state index contributed by atoms with van der Waals surface area (Å²) in [6, 6.07) is 49.2. The second-order valence-electron chi connectivity index (χ2n) is 12.0. The lowest BCUT2D eigenvalue weighted by atomic mass is 10.0. The van der Waals surface area contributed by atoms with E-state index >= 15 is 0 Å². The Hall–Kier alpha value is -6.11. The van der Waals surface area contributed by atoms with Crippen LogP contribution in [0.3, 0.4) is 0 Å². The van der Waals surface area contributed by atoms with E-state index in [0.717, 1.165) is 60.8 Å². The summed E-state index contributed by atoms with van der Waals surface area (Å²) < 4.78 is 7.03. The Balaban J connectivity index is 1.32. The van der Waals surface area contributed by atoms with Crippen molar-refractivity contribution in [1.82, 2.24) is 23.9 Å². The molecule has 47 heavy (non-hydrogen) atoms. The maximum Gasteiger partial charge on any atom is 0.237 e. The number of imidazole rings is 1. The molecule has 0 fully saturated rings. The molecule has 0 aliphatic rings. The number of para-hydroxylation sites is 3. The van der Waals surface area contributed by atoms with Gasteiger partial charge in [0.1, 0.15) is 11.2 Å². The van der Waals surface area contributed by atoms with Crippen LogP contribution in [0.4, 0.5) is 0 Å². The summed E-state index contributed by atoms with van der Waals surface area (Å²) >= 11 is 1.82. The van der Waals surface area contributed by atoms with Gasteiger partial charge in [0.2, 0.25) is 5.95 Å². The molecule has 0 amide bonds. The van der Waals surface area contributed by atoms with Gasteiger partial charge in [-0.15, -0.1) is 11.3 Å². The molecule has 218 valence electrons. The minimum Gasteiger partial charge on any atom is -0.277 e. The smallest absolute Gasteiger partial charge is 0.237 e. The average molecular weight is 618 g/mol. The van der Waals surface area contributed by atoms with Crippen LogP contribution in [0.5, 0.6) is 0 Å². The highest BCUT2D eigenvalue weighted by Crippen LogP contribution is 2.42. The molecule has 0 spiro atoms. The predicted octanol–water partition coefficient (Wildman–Crippen LogP) is 10.7. The van der Waals surface area contributed by atoms with Gasteiger partial charge in [0.25, 0.3) is 0 Å². The molecular weight excluding hydrogens is 595 g/mol. The maximum atomic E-state index is 5.48. The van der Waals surface area contributed by atoms with Crippen molar-refractivity contribution in [3.63, 3.8) is 0 Å². The second kappa shape index (κ2) is 9.22. The van der Waals surface area contributed by atoms with Crippen molar-refractivity contribution in [2.75, 3.05) is 0 Å². The van der Waals surface area contributed by atoms with Gasteiger partial charge in [0.15, 0.2) is 5.65 Å². The Labute approximate surface area is 271 Å². The van der Waals surface area contributed by atoms with Gasteiger partial charge >= 0.3 is 0 Å². The van der Waals surface area contributed by atoms with Gasteiger partial charge in [-0.05, 0) is 29.7 Å². The van der Waals surface area contributed by atoms with E-state index in [0.29, 0.717) is 5.95 Å². The monoisotopic (exact) mass is 617 g/mol. The number of aromatic nitrogens is 5. The van der Waals surface area contributed by atoms with Crippen LogP contribution in [0.25, 0.3) is 97.7 Å². The summed E-state index contributed by atoms with van der Waals surface area (Å²) in [5.41, 5.74) is 7.91. The summed E-state index contributed by atoms with van der Waals surface area (Å²) in [5, 5.41) is 8.13. The quantitative estimate of drug-likeness (QED) is 0.181. The van der Waals surface area contributed by atoms with Crippen LogP contribution in [-0.2, 0) is 0 Å². The molecule has 0 atom stereocenters. The van der Waals surface area contributed by atoms with Crippen molar-refractivity contribution in [3.05, 3.63) is 140 Å². The fourth-order valence-electron chi connectivity index (χ4n) is 7.51. The highest BCUT2D eigenvalue weighted by molar-refractivity contribution is 7.26. The van der Waals surface area contributed by atoms with Crippen molar-refractivity contribution in [3.8, 4) is 17.2 Å². The van der Waals surface area contributed by atoms with E-state index in [1.165, 1.54) is 30.9 Å². The lowest BCUT2D eigenvalue weighted by Gasteiger charge is -2.13. The Morgan fingerprint density at radius 2 is 1.13 bits per heavy atom. The highest BCUT2D eigenvalue weighted by Gasteiger charge is 2.24. The van der Waals surface area contributed by atoms with E-state index in [1.54, 1.807) is 0 Å². The van der Waals surface area contributed by atoms with Crippen LogP contribution in [0.15, 0.2) is 140 Å². The number of fused-ring (bicyclic) bond motifs is 14. The first-order chi connectivity index (χ1) is 23.3. The number of pyridine rings is 1. The SMILES string of the molecule is c1ccc2c(-c3cccc4c3sc3ccccc34)nc(-n3c4ccccc4c4nc5c6ccccc6c6ccccc6n5c43)nc2c1. The van der Waals surface area contributed by atoms with E-state index in [1.807, 2.05) is 11.3 Å². The highest BCUT2D eigenvalue weighted by atomic mass is 32.1. The van der Waals surface area contributed by atoms with Crippen LogP contribution in [-0.4, -0.2) is 23.9 Å². The van der Waals surface area contributed by atoms with E-state index in [2.05, 4.69) is 148 Å². The molecular formula is C41H23N5S. The molecule has 5 aromatic heterocycles. The summed E-state index contributed by atoms with van der Waals surface area (Å²) in [6.45, 7) is 0. The van der Waals surface area contributed by atoms with Crippen LogP contribution in [0.2, 0.25) is 0 Å². The maximum absolute atomic E-state index is 5.48. The Morgan fingerprint density at radius 3 is 2.00 bits per heavy atom. The molecule has 5 nitrogen and oxygen atoms in total. The third-order valence-corrected chi connectivity index (χ3v) is 10.7. The standard InChI is InChI=1S/C41H23N5S/c1-2-15-28-24(12-1)25-13-4-8-21-33(25)45-39(28)43-37-30-17-5-9-22-34(30)46(40(37)45)41-42-32-20-7-3-16-29(32)36(44-41)31-19-11-18-27-26-14-6-10-23-35(26)47-38(27)31/h1-23H. The molecule has 0 N–H and O–H groups in total. The van der Waals surface area contributed by atoms with Gasteiger partial charge in [0, 0.05) is 47.3 Å². The number of hydrogen-bond donors (Lipinski definition) is 0. The zero-order valence-electron chi connectivity index (χ0n) is 24.9. The molecule has 0 saturated heterocycles. The molecule has 0 radical (unpaired) electrons. The van der Waals surface area contributed by atoms with Gasteiger partial charge in [-0.25, -0.2) is 15.0 Å². The van der Waals surface area contributed by atoms with Gasteiger partial charge in [0.05, 0.1) is 22.2 Å². The van der Waals surface area contributed by atoms with Crippen molar-refractivity contribution in [1.29, 1.82) is 0 Å². The molecule has 11 rings (SSSR count). The average Bonchev–Trinajstić information content (AvgIpc) is 3.81. The van der Waals surface area contributed by atoms with E-state index in [4.69, 9.17) is 15.0 Å². The first kappa shape index (κ1) is 25.1. The van der Waals surface area contributed by atoms with E-state index in [9.17, 15) is 0 Å². The molecule has 0 aliphatic heterocycles. The normalized spacial score (nSPS) is 12.3. The summed E-state index contributed by atoms with van der Waals surface area (Å²) in [4.78, 5) is 16.1. The van der Waals surface area contributed by atoms with Crippen LogP contribution in [0.1, 0.15) is 0 Å². The second-order valence-corrected chi connectivity index (χ2v) is 13.1. The third kappa shape index (κ3) is 3.34. The lowest BCUT2D eigenvalue weighted by Crippen LogP contribution is -2.05. The molecule has 6 heteroatoms. The van der Waals surface area contributed by atoms with Crippen molar-refractivity contribution in [2.45, 2.75) is 0 Å². The van der Waals surface area contributed by atoms with Crippen molar-refractivity contribution >= 4 is 91.8 Å². The summed E-state index contributed by atoms with van der Waals surface area (Å²) in [7, 11) is 0. The third-order valence-electron chi connectivity index (χ3n) is 9.52. The van der Waals surface area contributed by atoms with Crippen LogP contribution >= 0.6 is 11.3 Å². The van der Waals surface area contributed by atoms with Gasteiger partial charge in [-0.1, -0.05) is 115 Å². The van der Waals surface area contributed by atoms with E-state index < -0.39 is 0 Å². The molecule has 0 saturated carbocycles.